The average Bonchev–Trinajstić information content (AvgIpc) is 2.47. The van der Waals surface area contributed by atoms with Crippen LogP contribution in [0, 0.1) is 0 Å². The first-order valence-electron chi connectivity index (χ1n) is 6.11. The first-order valence-corrected chi connectivity index (χ1v) is 6.11. The van der Waals surface area contributed by atoms with Crippen LogP contribution in [0.5, 0.6) is 0 Å². The van der Waals surface area contributed by atoms with Crippen LogP contribution in [0.25, 0.3) is 10.9 Å². The monoisotopic (exact) mass is 264 g/mol. The van der Waals surface area contributed by atoms with Gasteiger partial charge < -0.3 is 11.1 Å². The third-order valence-corrected chi connectivity index (χ3v) is 2.90. The Morgan fingerprint density at radius 1 is 1.10 bits per heavy atom. The molecule has 0 bridgehead atoms. The van der Waals surface area contributed by atoms with Crippen molar-refractivity contribution in [3.8, 4) is 0 Å². The lowest BCUT2D eigenvalue weighted by molar-refractivity contribution is 0.102. The van der Waals surface area contributed by atoms with E-state index < -0.39 is 0 Å². The number of benzene rings is 1. The molecule has 0 aliphatic carbocycles. The topological polar surface area (TPSA) is 80.9 Å². The fourth-order valence-corrected chi connectivity index (χ4v) is 1.94. The Morgan fingerprint density at radius 2 is 1.95 bits per heavy atom. The van der Waals surface area contributed by atoms with Crippen molar-refractivity contribution in [2.45, 2.75) is 0 Å². The van der Waals surface area contributed by atoms with Crippen molar-refractivity contribution in [1.29, 1.82) is 0 Å². The van der Waals surface area contributed by atoms with Gasteiger partial charge in [-0.2, -0.15) is 0 Å². The number of para-hydroxylation sites is 1. The van der Waals surface area contributed by atoms with Crippen molar-refractivity contribution in [1.82, 2.24) is 9.97 Å². The first-order chi connectivity index (χ1) is 9.74. The maximum Gasteiger partial charge on any atom is 0.276 e. The van der Waals surface area contributed by atoms with Gasteiger partial charge in [-0.3, -0.25) is 9.78 Å². The zero-order valence-corrected chi connectivity index (χ0v) is 10.6. The van der Waals surface area contributed by atoms with Gasteiger partial charge in [0.05, 0.1) is 23.1 Å². The number of nitrogens with one attached hydrogen (secondary N) is 1. The van der Waals surface area contributed by atoms with Crippen LogP contribution < -0.4 is 11.1 Å². The third-order valence-electron chi connectivity index (χ3n) is 2.90. The molecule has 0 saturated carbocycles. The second-order valence-corrected chi connectivity index (χ2v) is 4.31. The number of aromatic nitrogens is 2. The maximum absolute atomic E-state index is 12.1. The van der Waals surface area contributed by atoms with Crippen LogP contribution in [0.2, 0.25) is 0 Å². The van der Waals surface area contributed by atoms with Crippen LogP contribution in [0.4, 0.5) is 11.4 Å². The number of hydrogen-bond acceptors (Lipinski definition) is 4. The molecule has 5 nitrogen and oxygen atoms in total. The Balaban J connectivity index is 1.89. The smallest absolute Gasteiger partial charge is 0.276 e. The Hall–Kier alpha value is -2.95. The third kappa shape index (κ3) is 2.29. The molecule has 20 heavy (non-hydrogen) atoms. The molecule has 0 fully saturated rings. The number of anilines is 2. The van der Waals surface area contributed by atoms with Crippen molar-refractivity contribution >= 4 is 28.2 Å². The number of nitrogens with zero attached hydrogens (tertiary/aromatic N) is 2. The van der Waals surface area contributed by atoms with Crippen LogP contribution in [-0.2, 0) is 0 Å². The molecule has 1 aromatic carbocycles. The summed E-state index contributed by atoms with van der Waals surface area (Å²) in [6.45, 7) is 0. The molecule has 0 atom stereocenters. The van der Waals surface area contributed by atoms with Gasteiger partial charge in [0.15, 0.2) is 5.69 Å². The summed E-state index contributed by atoms with van der Waals surface area (Å²) in [5.74, 6) is -0.347. The molecule has 0 aliphatic heterocycles. The zero-order chi connectivity index (χ0) is 13.9. The van der Waals surface area contributed by atoms with Crippen molar-refractivity contribution in [3.63, 3.8) is 0 Å². The number of pyridine rings is 2. The predicted octanol–water partition coefficient (Wildman–Crippen LogP) is 2.46. The van der Waals surface area contributed by atoms with Gasteiger partial charge >= 0.3 is 0 Å². The number of nitrogen functional groups attached to an aromatic ring is 1. The minimum Gasteiger partial charge on any atom is -0.397 e. The molecular weight excluding hydrogens is 252 g/mol. The molecule has 0 radical (unpaired) electrons. The van der Waals surface area contributed by atoms with Crippen LogP contribution in [0.15, 0.2) is 54.9 Å². The number of hydrogen-bond donors (Lipinski definition) is 2. The predicted molar refractivity (Wildman–Crippen MR) is 78.3 cm³/mol. The number of nitrogens with two attached hydrogens (primary N) is 1. The Labute approximate surface area is 115 Å². The van der Waals surface area contributed by atoms with Gasteiger partial charge in [0, 0.05) is 11.6 Å². The lowest BCUT2D eigenvalue weighted by atomic mass is 10.2. The van der Waals surface area contributed by atoms with Crippen LogP contribution >= 0.6 is 0 Å². The summed E-state index contributed by atoms with van der Waals surface area (Å²) in [6.07, 6.45) is 3.14. The normalized spacial score (nSPS) is 10.4. The molecule has 0 aliphatic rings. The molecular formula is C15H12N4O. The van der Waals surface area contributed by atoms with E-state index in [1.807, 2.05) is 30.3 Å². The van der Waals surface area contributed by atoms with Crippen molar-refractivity contribution in [2.24, 2.45) is 0 Å². The molecule has 2 heterocycles. The largest absolute Gasteiger partial charge is 0.397 e. The van der Waals surface area contributed by atoms with E-state index in [-0.39, 0.29) is 11.6 Å². The van der Waals surface area contributed by atoms with Crippen LogP contribution in [-0.4, -0.2) is 15.9 Å². The Bertz CT molecular complexity index is 785. The summed E-state index contributed by atoms with van der Waals surface area (Å²) < 4.78 is 0. The SMILES string of the molecule is Nc1cccnc1C(=O)Nc1cnc2ccccc2c1. The summed E-state index contributed by atoms with van der Waals surface area (Å²) in [5, 5.41) is 3.70. The minimum absolute atomic E-state index is 0.209. The maximum atomic E-state index is 12.1. The lowest BCUT2D eigenvalue weighted by Crippen LogP contribution is -2.15. The molecule has 0 saturated heterocycles. The molecule has 0 spiro atoms. The highest BCUT2D eigenvalue weighted by atomic mass is 16.1. The number of carbonyl (C=O) groups excluding carboxylic acids is 1. The van der Waals surface area contributed by atoms with E-state index in [0.717, 1.165) is 10.9 Å². The second kappa shape index (κ2) is 4.97. The number of rotatable bonds is 2. The summed E-state index contributed by atoms with van der Waals surface area (Å²) in [4.78, 5) is 20.4. The fourth-order valence-electron chi connectivity index (χ4n) is 1.94. The first kappa shape index (κ1) is 12.1. The lowest BCUT2D eigenvalue weighted by Gasteiger charge is -2.07. The van der Waals surface area contributed by atoms with Gasteiger partial charge in [-0.15, -0.1) is 0 Å². The standard InChI is InChI=1S/C15H12N4O/c16-12-5-3-7-17-14(12)15(20)19-11-8-10-4-1-2-6-13(10)18-9-11/h1-9H,16H2,(H,19,20). The molecule has 0 unspecified atom stereocenters. The van der Waals surface area contributed by atoms with E-state index >= 15 is 0 Å². The highest BCUT2D eigenvalue weighted by Crippen LogP contribution is 2.17. The van der Waals surface area contributed by atoms with Gasteiger partial charge in [-0.05, 0) is 24.3 Å². The van der Waals surface area contributed by atoms with E-state index in [2.05, 4.69) is 15.3 Å². The number of fused-ring (bicyclic) bond motifs is 1. The van der Waals surface area contributed by atoms with Crippen molar-refractivity contribution < 1.29 is 4.79 Å². The molecule has 5 heteroatoms. The molecule has 3 aromatic rings. The van der Waals surface area contributed by atoms with E-state index in [4.69, 9.17) is 5.73 Å². The van der Waals surface area contributed by atoms with E-state index in [9.17, 15) is 4.79 Å². The van der Waals surface area contributed by atoms with E-state index in [1.54, 1.807) is 18.3 Å². The minimum atomic E-state index is -0.347. The fraction of sp³-hybridized carbons (Fsp3) is 0. The summed E-state index contributed by atoms with van der Waals surface area (Å²) in [6, 6.07) is 12.9. The van der Waals surface area contributed by atoms with Gasteiger partial charge in [-0.1, -0.05) is 18.2 Å². The average molecular weight is 264 g/mol. The van der Waals surface area contributed by atoms with Crippen LogP contribution in [0.3, 0.4) is 0 Å². The van der Waals surface area contributed by atoms with E-state index in [1.165, 1.54) is 6.20 Å². The van der Waals surface area contributed by atoms with Gasteiger partial charge in [0.25, 0.3) is 5.91 Å². The van der Waals surface area contributed by atoms with Gasteiger partial charge in [0.1, 0.15) is 0 Å². The number of amides is 1. The highest BCUT2D eigenvalue weighted by molar-refractivity contribution is 6.06. The zero-order valence-electron chi connectivity index (χ0n) is 10.6. The molecule has 3 rings (SSSR count). The van der Waals surface area contributed by atoms with Crippen LogP contribution in [0.1, 0.15) is 10.5 Å². The molecule has 1 amide bonds. The Kier molecular flexibility index (Phi) is 3.01. The number of carbonyl (C=O) groups is 1. The summed E-state index contributed by atoms with van der Waals surface area (Å²) in [7, 11) is 0. The molecule has 3 N–H and O–H groups in total. The van der Waals surface area contributed by atoms with Gasteiger partial charge in [0.2, 0.25) is 0 Å². The second-order valence-electron chi connectivity index (χ2n) is 4.31. The van der Waals surface area contributed by atoms with Crippen molar-refractivity contribution in [3.05, 3.63) is 60.6 Å². The van der Waals surface area contributed by atoms with Crippen molar-refractivity contribution in [2.75, 3.05) is 11.1 Å². The van der Waals surface area contributed by atoms with E-state index in [0.29, 0.717) is 11.4 Å². The highest BCUT2D eigenvalue weighted by Gasteiger charge is 2.11. The Morgan fingerprint density at radius 3 is 2.80 bits per heavy atom. The summed E-state index contributed by atoms with van der Waals surface area (Å²) >= 11 is 0. The quantitative estimate of drug-likeness (QED) is 0.745. The molecule has 98 valence electrons. The molecule has 2 aromatic heterocycles. The van der Waals surface area contributed by atoms with Gasteiger partial charge in [-0.25, -0.2) is 4.98 Å². The summed E-state index contributed by atoms with van der Waals surface area (Å²) in [5.41, 5.74) is 7.77.